The van der Waals surface area contributed by atoms with E-state index in [4.69, 9.17) is 9.47 Å². The number of anilines is 1. The maximum Gasteiger partial charge on any atom is 0.267 e. The molecule has 5 aromatic rings. The zero-order valence-electron chi connectivity index (χ0n) is 18.5. The van der Waals surface area contributed by atoms with E-state index < -0.39 is 0 Å². The smallest absolute Gasteiger partial charge is 0.267 e. The van der Waals surface area contributed by atoms with Crippen molar-refractivity contribution in [2.75, 3.05) is 19.5 Å². The summed E-state index contributed by atoms with van der Waals surface area (Å²) >= 11 is 2.70. The third kappa shape index (κ3) is 3.75. The number of para-hydroxylation sites is 1. The van der Waals surface area contributed by atoms with Gasteiger partial charge in [0.25, 0.3) is 5.91 Å². The summed E-state index contributed by atoms with van der Waals surface area (Å²) in [5.74, 6) is 0.710. The third-order valence-electron chi connectivity index (χ3n) is 5.35. The van der Waals surface area contributed by atoms with Crippen molar-refractivity contribution in [3.63, 3.8) is 0 Å². The van der Waals surface area contributed by atoms with Gasteiger partial charge in [0, 0.05) is 34.7 Å². The molecule has 1 aromatic carbocycles. The Balaban J connectivity index is 1.46. The second kappa shape index (κ2) is 8.54. The summed E-state index contributed by atoms with van der Waals surface area (Å²) in [5, 5.41) is 7.28. The van der Waals surface area contributed by atoms with Crippen LogP contribution in [0.2, 0.25) is 0 Å². The number of thiophene rings is 1. The maximum atomic E-state index is 13.1. The highest BCUT2D eigenvalue weighted by atomic mass is 32.1. The fourth-order valence-electron chi connectivity index (χ4n) is 3.91. The van der Waals surface area contributed by atoms with Crippen LogP contribution in [0.4, 0.5) is 5.13 Å². The van der Waals surface area contributed by atoms with Gasteiger partial charge in [-0.25, -0.2) is 9.97 Å². The van der Waals surface area contributed by atoms with E-state index in [1.807, 2.05) is 37.4 Å². The quantitative estimate of drug-likeness (QED) is 0.342. The first-order valence-corrected chi connectivity index (χ1v) is 11.9. The molecule has 0 unspecified atom stereocenters. The number of carbonyl (C=O) groups is 1. The van der Waals surface area contributed by atoms with E-state index in [1.54, 1.807) is 14.2 Å². The summed E-state index contributed by atoms with van der Waals surface area (Å²) in [6, 6.07) is 8.12. The van der Waals surface area contributed by atoms with Gasteiger partial charge in [-0.15, -0.1) is 22.7 Å². The minimum atomic E-state index is -0.234. The number of methoxy groups -OCH3 is 2. The fraction of sp³-hybridized carbons (Fsp3) is 0.217. The van der Waals surface area contributed by atoms with Gasteiger partial charge in [0.2, 0.25) is 5.88 Å². The molecule has 33 heavy (non-hydrogen) atoms. The van der Waals surface area contributed by atoms with Crippen LogP contribution in [0.15, 0.2) is 29.6 Å². The second-order valence-electron chi connectivity index (χ2n) is 7.48. The average Bonchev–Trinajstić information content (AvgIpc) is 3.48. The molecule has 0 aliphatic rings. The van der Waals surface area contributed by atoms with Gasteiger partial charge in [0.15, 0.2) is 11.0 Å². The summed E-state index contributed by atoms with van der Waals surface area (Å²) < 4.78 is 10.6. The Hall–Kier alpha value is -3.34. The van der Waals surface area contributed by atoms with Crippen molar-refractivity contribution >= 4 is 54.8 Å². The number of hydrogen-bond donors (Lipinski definition) is 2. The van der Waals surface area contributed by atoms with Crippen molar-refractivity contribution < 1.29 is 14.3 Å². The number of hydrogen-bond acceptors (Lipinski definition) is 8. The molecule has 0 radical (unpaired) electrons. The van der Waals surface area contributed by atoms with Gasteiger partial charge >= 0.3 is 0 Å². The molecule has 0 atom stereocenters. The standard InChI is InChI=1S/C23H21N5O3S2/c1-11-17-21(31-4)26-16(9-30-3)27-22(17)33-19(11)20(29)28-23-25-15(10-32-23)18-12(2)24-14-8-6-5-7-13(14)18/h5-8,10,24H,9H2,1-4H3,(H,25,28,29). The number of carbonyl (C=O) groups excluding carboxylic acids is 1. The Bertz CT molecular complexity index is 1500. The highest BCUT2D eigenvalue weighted by molar-refractivity contribution is 7.21. The summed E-state index contributed by atoms with van der Waals surface area (Å²) in [4.78, 5) is 31.4. The number of aromatic nitrogens is 4. The number of benzene rings is 1. The van der Waals surface area contributed by atoms with Gasteiger partial charge < -0.3 is 14.5 Å². The molecule has 0 saturated heterocycles. The molecular weight excluding hydrogens is 458 g/mol. The molecule has 5 rings (SSSR count). The predicted molar refractivity (Wildman–Crippen MR) is 132 cm³/mol. The van der Waals surface area contributed by atoms with E-state index in [1.165, 1.54) is 22.7 Å². The molecule has 4 aromatic heterocycles. The molecule has 168 valence electrons. The van der Waals surface area contributed by atoms with Crippen LogP contribution >= 0.6 is 22.7 Å². The molecule has 0 aliphatic heterocycles. The van der Waals surface area contributed by atoms with Gasteiger partial charge in [0.05, 0.1) is 23.1 Å². The van der Waals surface area contributed by atoms with Crippen LogP contribution in [0.25, 0.3) is 32.4 Å². The molecular formula is C23H21N5O3S2. The van der Waals surface area contributed by atoms with Crippen molar-refractivity contribution in [1.29, 1.82) is 0 Å². The monoisotopic (exact) mass is 479 g/mol. The van der Waals surface area contributed by atoms with Crippen molar-refractivity contribution in [3.05, 3.63) is 51.6 Å². The van der Waals surface area contributed by atoms with E-state index >= 15 is 0 Å². The summed E-state index contributed by atoms with van der Waals surface area (Å²) in [6.45, 7) is 4.16. The number of H-pyrrole nitrogens is 1. The van der Waals surface area contributed by atoms with E-state index in [0.29, 0.717) is 26.5 Å². The van der Waals surface area contributed by atoms with Gasteiger partial charge in [-0.1, -0.05) is 18.2 Å². The average molecular weight is 480 g/mol. The Kier molecular flexibility index (Phi) is 5.57. The van der Waals surface area contributed by atoms with E-state index in [9.17, 15) is 4.79 Å². The van der Waals surface area contributed by atoms with E-state index in [2.05, 4.69) is 31.3 Å². The van der Waals surface area contributed by atoms with Crippen molar-refractivity contribution in [1.82, 2.24) is 19.9 Å². The first-order valence-electron chi connectivity index (χ1n) is 10.2. The van der Waals surface area contributed by atoms with Crippen LogP contribution in [0.3, 0.4) is 0 Å². The van der Waals surface area contributed by atoms with Crippen LogP contribution in [0.5, 0.6) is 5.88 Å². The van der Waals surface area contributed by atoms with Crippen LogP contribution in [0.1, 0.15) is 26.8 Å². The first kappa shape index (κ1) is 21.5. The SMILES string of the molecule is COCc1nc(OC)c2c(C)c(C(=O)Nc3nc(-c4c(C)[nH]c5ccccc45)cs3)sc2n1. The molecule has 0 fully saturated rings. The molecule has 0 bridgehead atoms. The fourth-order valence-corrected chi connectivity index (χ4v) is 5.69. The van der Waals surface area contributed by atoms with Crippen molar-refractivity contribution in [2.45, 2.75) is 20.5 Å². The molecule has 1 amide bonds. The predicted octanol–water partition coefficient (Wildman–Crippen LogP) is 5.32. The summed E-state index contributed by atoms with van der Waals surface area (Å²) in [7, 11) is 3.14. The minimum Gasteiger partial charge on any atom is -0.480 e. The zero-order valence-corrected chi connectivity index (χ0v) is 20.1. The molecule has 0 aliphatic carbocycles. The number of amides is 1. The Morgan fingerprint density at radius 2 is 1.97 bits per heavy atom. The van der Waals surface area contributed by atoms with Crippen LogP contribution in [-0.4, -0.2) is 40.1 Å². The van der Waals surface area contributed by atoms with Gasteiger partial charge in [-0.05, 0) is 25.5 Å². The van der Waals surface area contributed by atoms with Crippen LogP contribution < -0.4 is 10.1 Å². The minimum absolute atomic E-state index is 0.234. The van der Waals surface area contributed by atoms with Crippen molar-refractivity contribution in [3.8, 4) is 17.1 Å². The number of ether oxygens (including phenoxy) is 2. The molecule has 8 nitrogen and oxygen atoms in total. The number of nitrogens with one attached hydrogen (secondary N) is 2. The van der Waals surface area contributed by atoms with E-state index in [-0.39, 0.29) is 12.5 Å². The molecule has 10 heteroatoms. The third-order valence-corrected chi connectivity index (χ3v) is 7.29. The normalized spacial score (nSPS) is 11.4. The number of nitrogens with zero attached hydrogens (tertiary/aromatic N) is 3. The number of aryl methyl sites for hydroxylation is 2. The number of fused-ring (bicyclic) bond motifs is 2. The number of rotatable bonds is 6. The van der Waals surface area contributed by atoms with Gasteiger partial charge in [0.1, 0.15) is 11.4 Å². The molecule has 2 N–H and O–H groups in total. The summed E-state index contributed by atoms with van der Waals surface area (Å²) in [5.41, 5.74) is 4.75. The first-order chi connectivity index (χ1) is 16.0. The highest BCUT2D eigenvalue weighted by Crippen LogP contribution is 2.37. The zero-order chi connectivity index (χ0) is 23.1. The van der Waals surface area contributed by atoms with E-state index in [0.717, 1.165) is 38.8 Å². The lowest BCUT2D eigenvalue weighted by Crippen LogP contribution is -2.11. The Morgan fingerprint density at radius 3 is 2.76 bits per heavy atom. The lowest BCUT2D eigenvalue weighted by molar-refractivity contribution is 0.103. The van der Waals surface area contributed by atoms with Crippen LogP contribution in [-0.2, 0) is 11.3 Å². The van der Waals surface area contributed by atoms with Gasteiger partial charge in [-0.2, -0.15) is 4.98 Å². The van der Waals surface area contributed by atoms with Crippen molar-refractivity contribution in [2.24, 2.45) is 0 Å². The number of thiazole rings is 1. The Morgan fingerprint density at radius 1 is 1.15 bits per heavy atom. The van der Waals surface area contributed by atoms with Crippen LogP contribution in [0, 0.1) is 13.8 Å². The Labute approximate surface area is 197 Å². The maximum absolute atomic E-state index is 13.1. The van der Waals surface area contributed by atoms with Gasteiger partial charge in [-0.3, -0.25) is 10.1 Å². The molecule has 0 saturated carbocycles. The highest BCUT2D eigenvalue weighted by Gasteiger charge is 2.22. The molecule has 4 heterocycles. The molecule has 0 spiro atoms. The largest absolute Gasteiger partial charge is 0.480 e. The topological polar surface area (TPSA) is 102 Å². The summed E-state index contributed by atoms with van der Waals surface area (Å²) in [6.07, 6.45) is 0. The number of aromatic amines is 1. The lowest BCUT2D eigenvalue weighted by atomic mass is 10.1. The lowest BCUT2D eigenvalue weighted by Gasteiger charge is -2.05. The second-order valence-corrected chi connectivity index (χ2v) is 9.34.